The van der Waals surface area contributed by atoms with Gasteiger partial charge in [-0.1, -0.05) is 12.2 Å². The van der Waals surface area contributed by atoms with Gasteiger partial charge in [-0.05, 0) is 43.4 Å². The molecule has 1 aliphatic heterocycles. The van der Waals surface area contributed by atoms with E-state index in [2.05, 4.69) is 12.2 Å². The van der Waals surface area contributed by atoms with Crippen molar-refractivity contribution in [2.75, 3.05) is 6.61 Å². The van der Waals surface area contributed by atoms with Crippen molar-refractivity contribution >= 4 is 10.1 Å². The molecule has 0 amide bonds. The number of hydrogen-bond donors (Lipinski definition) is 1. The van der Waals surface area contributed by atoms with E-state index in [0.29, 0.717) is 18.3 Å². The standard InChI is InChI=1S/C12H18O4S/c13-12(10-7-8-3-4-9(10)6-8)11-2-1-5-16-17(11,14)15/h3-4,8-13H,1-2,5-7H2. The summed E-state index contributed by atoms with van der Waals surface area (Å²) in [5, 5.41) is 9.62. The molecule has 2 bridgehead atoms. The van der Waals surface area contributed by atoms with Crippen LogP contribution in [-0.4, -0.2) is 31.5 Å². The number of hydrogen-bond acceptors (Lipinski definition) is 4. The minimum absolute atomic E-state index is 0.103. The summed E-state index contributed by atoms with van der Waals surface area (Å²) < 4.78 is 28.4. The second-order valence-electron chi connectivity index (χ2n) is 5.43. The Morgan fingerprint density at radius 3 is 2.71 bits per heavy atom. The van der Waals surface area contributed by atoms with E-state index in [1.54, 1.807) is 0 Å². The van der Waals surface area contributed by atoms with Crippen LogP contribution >= 0.6 is 0 Å². The van der Waals surface area contributed by atoms with Crippen LogP contribution in [0.2, 0.25) is 0 Å². The highest BCUT2D eigenvalue weighted by Gasteiger charge is 2.46. The van der Waals surface area contributed by atoms with Crippen LogP contribution < -0.4 is 0 Å². The van der Waals surface area contributed by atoms with E-state index < -0.39 is 21.5 Å². The molecular formula is C12H18O4S. The first-order valence-electron chi connectivity index (χ1n) is 6.32. The van der Waals surface area contributed by atoms with Crippen LogP contribution in [-0.2, 0) is 14.3 Å². The third-order valence-electron chi connectivity index (χ3n) is 4.40. The molecule has 0 aromatic carbocycles. The normalized spacial score (nSPS) is 45.0. The van der Waals surface area contributed by atoms with Crippen LogP contribution in [0.15, 0.2) is 12.2 Å². The highest BCUT2D eigenvalue weighted by Crippen LogP contribution is 2.46. The van der Waals surface area contributed by atoms with Crippen molar-refractivity contribution < 1.29 is 17.7 Å². The lowest BCUT2D eigenvalue weighted by atomic mass is 9.86. The van der Waals surface area contributed by atoms with Gasteiger partial charge in [0.1, 0.15) is 5.25 Å². The van der Waals surface area contributed by atoms with Crippen molar-refractivity contribution in [3.8, 4) is 0 Å². The van der Waals surface area contributed by atoms with E-state index in [-0.39, 0.29) is 12.5 Å². The molecule has 5 heteroatoms. The minimum Gasteiger partial charge on any atom is -0.391 e. The van der Waals surface area contributed by atoms with Gasteiger partial charge in [-0.15, -0.1) is 0 Å². The molecule has 1 saturated heterocycles. The molecule has 5 unspecified atom stereocenters. The van der Waals surface area contributed by atoms with Gasteiger partial charge >= 0.3 is 0 Å². The smallest absolute Gasteiger partial charge is 0.272 e. The zero-order valence-electron chi connectivity index (χ0n) is 9.66. The molecule has 2 fully saturated rings. The van der Waals surface area contributed by atoms with Crippen LogP contribution in [0.25, 0.3) is 0 Å². The summed E-state index contributed by atoms with van der Waals surface area (Å²) >= 11 is 0. The highest BCUT2D eigenvalue weighted by molar-refractivity contribution is 7.87. The Labute approximate surface area is 102 Å². The van der Waals surface area contributed by atoms with Crippen molar-refractivity contribution in [1.82, 2.24) is 0 Å². The largest absolute Gasteiger partial charge is 0.391 e. The molecule has 1 saturated carbocycles. The molecule has 17 heavy (non-hydrogen) atoms. The first-order valence-corrected chi connectivity index (χ1v) is 7.80. The van der Waals surface area contributed by atoms with E-state index in [1.807, 2.05) is 0 Å². The van der Waals surface area contributed by atoms with Crippen molar-refractivity contribution in [1.29, 1.82) is 0 Å². The number of fused-ring (bicyclic) bond motifs is 2. The Hall–Kier alpha value is -0.390. The van der Waals surface area contributed by atoms with Gasteiger partial charge in [0.25, 0.3) is 10.1 Å². The SMILES string of the molecule is O=S1(=O)OCCCC1C(O)C1CC2C=CC1C2. The van der Waals surface area contributed by atoms with Gasteiger partial charge < -0.3 is 5.11 Å². The van der Waals surface area contributed by atoms with Crippen molar-refractivity contribution in [3.63, 3.8) is 0 Å². The number of aliphatic hydroxyl groups is 1. The Bertz CT molecular complexity index is 428. The molecule has 4 nitrogen and oxygen atoms in total. The van der Waals surface area contributed by atoms with E-state index in [4.69, 9.17) is 4.18 Å². The molecule has 96 valence electrons. The molecule has 0 spiro atoms. The predicted molar refractivity (Wildman–Crippen MR) is 62.7 cm³/mol. The maximum Gasteiger partial charge on any atom is 0.272 e. The van der Waals surface area contributed by atoms with Crippen molar-refractivity contribution in [3.05, 3.63) is 12.2 Å². The zero-order chi connectivity index (χ0) is 12.0. The summed E-state index contributed by atoms with van der Waals surface area (Å²) in [5.41, 5.74) is 0. The Morgan fingerprint density at radius 2 is 2.12 bits per heavy atom. The van der Waals surface area contributed by atoms with Crippen LogP contribution in [0, 0.1) is 17.8 Å². The molecular weight excluding hydrogens is 240 g/mol. The number of allylic oxidation sites excluding steroid dienone is 2. The average Bonchev–Trinajstić information content (AvgIpc) is 2.89. The van der Waals surface area contributed by atoms with Crippen LogP contribution in [0.1, 0.15) is 25.7 Å². The van der Waals surface area contributed by atoms with Gasteiger partial charge in [0.15, 0.2) is 0 Å². The van der Waals surface area contributed by atoms with Gasteiger partial charge in [-0.2, -0.15) is 8.42 Å². The summed E-state index contributed by atoms with van der Waals surface area (Å²) in [6.45, 7) is 0.266. The van der Waals surface area contributed by atoms with Crippen LogP contribution in [0.3, 0.4) is 0 Å². The Kier molecular flexibility index (Phi) is 2.80. The lowest BCUT2D eigenvalue weighted by molar-refractivity contribution is 0.0748. The molecule has 1 heterocycles. The maximum atomic E-state index is 11.8. The van der Waals surface area contributed by atoms with E-state index >= 15 is 0 Å². The summed E-state index contributed by atoms with van der Waals surface area (Å²) in [4.78, 5) is 0. The first kappa shape index (κ1) is 11.7. The summed E-state index contributed by atoms with van der Waals surface area (Å²) in [7, 11) is -3.55. The predicted octanol–water partition coefficient (Wildman–Crippen LogP) is 1.07. The zero-order valence-corrected chi connectivity index (χ0v) is 10.5. The van der Waals surface area contributed by atoms with E-state index in [9.17, 15) is 13.5 Å². The fourth-order valence-electron chi connectivity index (χ4n) is 3.52. The lowest BCUT2D eigenvalue weighted by Crippen LogP contribution is -2.43. The van der Waals surface area contributed by atoms with E-state index in [1.165, 1.54) is 0 Å². The topological polar surface area (TPSA) is 63.6 Å². The molecule has 0 radical (unpaired) electrons. The lowest BCUT2D eigenvalue weighted by Gasteiger charge is -2.32. The second kappa shape index (κ2) is 4.07. The fourth-order valence-corrected chi connectivity index (χ4v) is 5.05. The molecule has 2 aliphatic carbocycles. The number of aliphatic hydroxyl groups excluding tert-OH is 1. The van der Waals surface area contributed by atoms with Gasteiger partial charge in [0.2, 0.25) is 0 Å². The van der Waals surface area contributed by atoms with Gasteiger partial charge in [-0.3, -0.25) is 4.18 Å². The van der Waals surface area contributed by atoms with Gasteiger partial charge in [0.05, 0.1) is 12.7 Å². The van der Waals surface area contributed by atoms with Crippen LogP contribution in [0.5, 0.6) is 0 Å². The highest BCUT2D eigenvalue weighted by atomic mass is 32.2. The summed E-state index contributed by atoms with van der Waals surface area (Å²) in [6.07, 6.45) is 6.82. The molecule has 0 aromatic heterocycles. The molecule has 0 aromatic rings. The maximum absolute atomic E-state index is 11.8. The molecule has 3 rings (SSSR count). The third-order valence-corrected chi connectivity index (χ3v) is 6.15. The average molecular weight is 258 g/mol. The van der Waals surface area contributed by atoms with Crippen molar-refractivity contribution in [2.24, 2.45) is 17.8 Å². The molecule has 5 atom stereocenters. The Morgan fingerprint density at radius 1 is 1.29 bits per heavy atom. The quantitative estimate of drug-likeness (QED) is 0.594. The molecule has 3 aliphatic rings. The summed E-state index contributed by atoms with van der Waals surface area (Å²) in [6, 6.07) is 0. The molecule has 1 N–H and O–H groups in total. The number of rotatable bonds is 2. The first-order chi connectivity index (χ1) is 8.08. The van der Waals surface area contributed by atoms with E-state index in [0.717, 1.165) is 19.3 Å². The third kappa shape index (κ3) is 1.94. The summed E-state index contributed by atoms with van der Waals surface area (Å²) in [5.74, 6) is 1.02. The van der Waals surface area contributed by atoms with Gasteiger partial charge in [-0.25, -0.2) is 0 Å². The second-order valence-corrected chi connectivity index (χ2v) is 7.26. The Balaban J connectivity index is 1.78. The fraction of sp³-hybridized carbons (Fsp3) is 0.833. The monoisotopic (exact) mass is 258 g/mol. The van der Waals surface area contributed by atoms with Crippen LogP contribution in [0.4, 0.5) is 0 Å². The minimum atomic E-state index is -3.55. The van der Waals surface area contributed by atoms with Gasteiger partial charge in [0, 0.05) is 0 Å². The van der Waals surface area contributed by atoms with Crippen molar-refractivity contribution in [2.45, 2.75) is 37.0 Å².